The van der Waals surface area contributed by atoms with Crippen molar-refractivity contribution >= 4 is 5.91 Å². The van der Waals surface area contributed by atoms with Crippen LogP contribution >= 0.6 is 0 Å². The molecule has 3 aliphatic rings. The Morgan fingerprint density at radius 1 is 1.19 bits per heavy atom. The molecular formula is C22H32N2O2. The molecule has 3 fully saturated rings. The Balaban J connectivity index is 1.42. The molecule has 2 atom stereocenters. The Hall–Kier alpha value is -1.39. The van der Waals surface area contributed by atoms with Crippen LogP contribution in [0.1, 0.15) is 48.8 Å². The van der Waals surface area contributed by atoms with Crippen molar-refractivity contribution in [2.75, 3.05) is 26.2 Å². The monoisotopic (exact) mass is 356 g/mol. The zero-order valence-corrected chi connectivity index (χ0v) is 16.2. The average molecular weight is 357 g/mol. The van der Waals surface area contributed by atoms with Crippen LogP contribution in [0.15, 0.2) is 18.2 Å². The van der Waals surface area contributed by atoms with Crippen molar-refractivity contribution in [2.45, 2.75) is 58.1 Å². The number of carbonyl (C=O) groups excluding carboxylic acids is 1. The van der Waals surface area contributed by atoms with E-state index in [0.29, 0.717) is 5.91 Å². The molecule has 0 radical (unpaired) electrons. The zero-order chi connectivity index (χ0) is 18.3. The summed E-state index contributed by atoms with van der Waals surface area (Å²) in [6.07, 6.45) is 4.88. The molecule has 2 heterocycles. The predicted molar refractivity (Wildman–Crippen MR) is 103 cm³/mol. The van der Waals surface area contributed by atoms with E-state index < -0.39 is 5.60 Å². The highest BCUT2D eigenvalue weighted by atomic mass is 16.3. The summed E-state index contributed by atoms with van der Waals surface area (Å²) in [7, 11) is 0. The number of hydrogen-bond acceptors (Lipinski definition) is 3. The molecule has 1 saturated carbocycles. The number of benzene rings is 1. The van der Waals surface area contributed by atoms with Gasteiger partial charge in [0.1, 0.15) is 0 Å². The Bertz CT molecular complexity index is 685. The van der Waals surface area contributed by atoms with E-state index in [0.717, 1.165) is 58.4 Å². The Morgan fingerprint density at radius 2 is 1.96 bits per heavy atom. The molecule has 4 rings (SSSR count). The van der Waals surface area contributed by atoms with E-state index in [-0.39, 0.29) is 11.8 Å². The maximum Gasteiger partial charge on any atom is 0.225 e. The lowest BCUT2D eigenvalue weighted by atomic mass is 9.74. The topological polar surface area (TPSA) is 43.8 Å². The lowest BCUT2D eigenvalue weighted by Crippen LogP contribution is -2.61. The van der Waals surface area contributed by atoms with E-state index in [4.69, 9.17) is 0 Å². The highest BCUT2D eigenvalue weighted by Gasteiger charge is 2.46. The van der Waals surface area contributed by atoms with Gasteiger partial charge in [-0.25, -0.2) is 0 Å². The normalized spacial score (nSPS) is 30.0. The van der Waals surface area contributed by atoms with E-state index >= 15 is 0 Å². The van der Waals surface area contributed by atoms with E-state index in [1.54, 1.807) is 0 Å². The number of hydrogen-bond donors (Lipinski definition) is 1. The largest absolute Gasteiger partial charge is 0.389 e. The molecular weight excluding hydrogens is 324 g/mol. The summed E-state index contributed by atoms with van der Waals surface area (Å²) in [5.41, 5.74) is 3.44. The summed E-state index contributed by atoms with van der Waals surface area (Å²) in [4.78, 5) is 17.2. The average Bonchev–Trinajstić information content (AvgIpc) is 2.56. The van der Waals surface area contributed by atoms with E-state index in [1.807, 2.05) is 4.90 Å². The van der Waals surface area contributed by atoms with E-state index in [2.05, 4.69) is 36.9 Å². The van der Waals surface area contributed by atoms with Gasteiger partial charge in [-0.3, -0.25) is 9.69 Å². The molecule has 1 amide bonds. The second-order valence-electron chi connectivity index (χ2n) is 8.88. The molecule has 26 heavy (non-hydrogen) atoms. The van der Waals surface area contributed by atoms with Gasteiger partial charge in [0.2, 0.25) is 5.91 Å². The van der Waals surface area contributed by atoms with Gasteiger partial charge in [0.25, 0.3) is 0 Å². The van der Waals surface area contributed by atoms with E-state index in [9.17, 15) is 9.90 Å². The van der Waals surface area contributed by atoms with Gasteiger partial charge in [-0.15, -0.1) is 0 Å². The fraction of sp³-hybridized carbons (Fsp3) is 0.682. The number of nitrogens with zero attached hydrogens (tertiary/aromatic N) is 2. The van der Waals surface area contributed by atoms with Gasteiger partial charge in [-0.05, 0) is 50.7 Å². The first kappa shape index (κ1) is 18.0. The molecule has 1 aliphatic carbocycles. The Kier molecular flexibility index (Phi) is 4.83. The lowest BCUT2D eigenvalue weighted by molar-refractivity contribution is -0.153. The van der Waals surface area contributed by atoms with Crippen molar-refractivity contribution in [2.24, 2.45) is 11.8 Å². The first-order valence-corrected chi connectivity index (χ1v) is 10.2. The number of aryl methyl sites for hydroxylation is 2. The third-order valence-corrected chi connectivity index (χ3v) is 7.02. The fourth-order valence-electron chi connectivity index (χ4n) is 4.84. The quantitative estimate of drug-likeness (QED) is 0.906. The minimum Gasteiger partial charge on any atom is -0.389 e. The van der Waals surface area contributed by atoms with Gasteiger partial charge in [-0.1, -0.05) is 30.2 Å². The molecule has 0 aromatic heterocycles. The van der Waals surface area contributed by atoms with Crippen LogP contribution < -0.4 is 0 Å². The van der Waals surface area contributed by atoms with Crippen molar-refractivity contribution in [3.63, 3.8) is 0 Å². The number of carbonyl (C=O) groups is 1. The van der Waals surface area contributed by atoms with Gasteiger partial charge in [-0.2, -0.15) is 0 Å². The summed E-state index contributed by atoms with van der Waals surface area (Å²) < 4.78 is 0. The molecule has 142 valence electrons. The van der Waals surface area contributed by atoms with Gasteiger partial charge >= 0.3 is 0 Å². The lowest BCUT2D eigenvalue weighted by Gasteiger charge is -2.51. The minimum atomic E-state index is -0.575. The SMILES string of the molecule is Cc1ccc(C)c(CN2CC[C@@]3(O)CCN(C(=O)C4CCC4)C[C@H]3C2)c1. The number of piperidine rings is 2. The molecule has 4 heteroatoms. The van der Waals surface area contributed by atoms with Crippen LogP contribution in [0.4, 0.5) is 0 Å². The molecule has 2 aliphatic heterocycles. The van der Waals surface area contributed by atoms with Crippen molar-refractivity contribution in [3.8, 4) is 0 Å². The zero-order valence-electron chi connectivity index (χ0n) is 16.2. The highest BCUT2D eigenvalue weighted by molar-refractivity contribution is 5.79. The number of fused-ring (bicyclic) bond motifs is 1. The first-order valence-electron chi connectivity index (χ1n) is 10.2. The third kappa shape index (κ3) is 3.41. The standard InChI is InChI=1S/C22H32N2O2/c1-16-6-7-17(2)19(12-16)13-23-10-8-22(26)9-11-24(15-20(22)14-23)21(25)18-4-3-5-18/h6-7,12,18,20,26H,3-5,8-11,13-15H2,1-2H3/t20-,22-/m1/s1. The summed E-state index contributed by atoms with van der Waals surface area (Å²) in [5, 5.41) is 11.1. The summed E-state index contributed by atoms with van der Waals surface area (Å²) in [5.74, 6) is 0.778. The number of aliphatic hydroxyl groups is 1. The molecule has 1 aromatic rings. The number of rotatable bonds is 3. The predicted octanol–water partition coefficient (Wildman–Crippen LogP) is 2.89. The second-order valence-corrected chi connectivity index (χ2v) is 8.88. The van der Waals surface area contributed by atoms with Crippen LogP contribution in [-0.4, -0.2) is 52.6 Å². The van der Waals surface area contributed by atoms with Crippen LogP contribution in [0.5, 0.6) is 0 Å². The van der Waals surface area contributed by atoms with Gasteiger partial charge < -0.3 is 10.0 Å². The van der Waals surface area contributed by atoms with Crippen LogP contribution in [0.25, 0.3) is 0 Å². The molecule has 1 N–H and O–H groups in total. The first-order chi connectivity index (χ1) is 12.4. The molecule has 2 saturated heterocycles. The van der Waals surface area contributed by atoms with Crippen molar-refractivity contribution in [3.05, 3.63) is 34.9 Å². The minimum absolute atomic E-state index is 0.180. The molecule has 4 nitrogen and oxygen atoms in total. The van der Waals surface area contributed by atoms with Crippen LogP contribution in [0, 0.1) is 25.7 Å². The van der Waals surface area contributed by atoms with Crippen molar-refractivity contribution in [1.29, 1.82) is 0 Å². The van der Waals surface area contributed by atoms with Crippen LogP contribution in [-0.2, 0) is 11.3 Å². The smallest absolute Gasteiger partial charge is 0.225 e. The molecule has 0 bridgehead atoms. The van der Waals surface area contributed by atoms with Gasteiger partial charge in [0.15, 0.2) is 0 Å². The van der Waals surface area contributed by atoms with Crippen molar-refractivity contribution < 1.29 is 9.90 Å². The van der Waals surface area contributed by atoms with Gasteiger partial charge in [0.05, 0.1) is 5.60 Å². The summed E-state index contributed by atoms with van der Waals surface area (Å²) in [6.45, 7) is 8.55. The second kappa shape index (κ2) is 6.97. The Labute approximate surface area is 157 Å². The molecule has 0 unspecified atom stereocenters. The van der Waals surface area contributed by atoms with Gasteiger partial charge in [0, 0.05) is 44.6 Å². The maximum absolute atomic E-state index is 12.6. The summed E-state index contributed by atoms with van der Waals surface area (Å²) in [6, 6.07) is 6.65. The number of likely N-dealkylation sites (tertiary alicyclic amines) is 2. The van der Waals surface area contributed by atoms with Crippen LogP contribution in [0.3, 0.4) is 0 Å². The van der Waals surface area contributed by atoms with E-state index in [1.165, 1.54) is 23.1 Å². The van der Waals surface area contributed by atoms with Crippen LogP contribution in [0.2, 0.25) is 0 Å². The summed E-state index contributed by atoms with van der Waals surface area (Å²) >= 11 is 0. The molecule has 1 aromatic carbocycles. The molecule has 0 spiro atoms. The highest BCUT2D eigenvalue weighted by Crippen LogP contribution is 2.38. The maximum atomic E-state index is 12.6. The Morgan fingerprint density at radius 3 is 2.69 bits per heavy atom. The fourth-order valence-corrected chi connectivity index (χ4v) is 4.84. The third-order valence-electron chi connectivity index (χ3n) is 7.02. The van der Waals surface area contributed by atoms with Crippen molar-refractivity contribution in [1.82, 2.24) is 9.80 Å². The number of amides is 1.